The molecule has 0 atom stereocenters. The summed E-state index contributed by atoms with van der Waals surface area (Å²) in [5, 5.41) is 12.4. The van der Waals surface area contributed by atoms with Gasteiger partial charge >= 0.3 is 0 Å². The number of aromatic amines is 1. The van der Waals surface area contributed by atoms with Crippen LogP contribution in [0.4, 0.5) is 0 Å². The van der Waals surface area contributed by atoms with E-state index in [0.29, 0.717) is 17.2 Å². The van der Waals surface area contributed by atoms with Crippen LogP contribution in [0.15, 0.2) is 53.5 Å². The molecule has 0 spiro atoms. The average Bonchev–Trinajstić information content (AvgIpc) is 3.48. The second kappa shape index (κ2) is 6.86. The first-order chi connectivity index (χ1) is 14.1. The van der Waals surface area contributed by atoms with Gasteiger partial charge in [0.1, 0.15) is 5.75 Å². The van der Waals surface area contributed by atoms with E-state index < -0.39 is 0 Å². The number of nitrogens with one attached hydrogen (secondary N) is 1. The molecule has 2 aromatic heterocycles. The molecule has 5 rings (SSSR count). The summed E-state index contributed by atoms with van der Waals surface area (Å²) < 4.78 is 7.71. The van der Waals surface area contributed by atoms with Gasteiger partial charge in [0.05, 0.1) is 29.1 Å². The molecular formula is C22H21N5O2. The van der Waals surface area contributed by atoms with Crippen molar-refractivity contribution in [1.82, 2.24) is 20.0 Å². The Hall–Kier alpha value is -3.45. The number of fused-ring (bicyclic) bond motifs is 1. The second-order valence-electron chi connectivity index (χ2n) is 7.34. The van der Waals surface area contributed by atoms with Crippen LogP contribution in [0.2, 0.25) is 0 Å². The lowest BCUT2D eigenvalue weighted by Crippen LogP contribution is -2.13. The molecule has 0 radical (unpaired) electrons. The summed E-state index contributed by atoms with van der Waals surface area (Å²) in [5.41, 5.74) is 10.2. The van der Waals surface area contributed by atoms with Crippen LogP contribution in [-0.4, -0.2) is 26.1 Å². The summed E-state index contributed by atoms with van der Waals surface area (Å²) in [4.78, 5) is 12.1. The van der Waals surface area contributed by atoms with Gasteiger partial charge in [-0.2, -0.15) is 10.2 Å². The number of rotatable bonds is 5. The van der Waals surface area contributed by atoms with Gasteiger partial charge in [0, 0.05) is 30.1 Å². The Labute approximate surface area is 167 Å². The van der Waals surface area contributed by atoms with E-state index in [1.54, 1.807) is 0 Å². The molecule has 0 unspecified atom stereocenters. The highest BCUT2D eigenvalue weighted by Crippen LogP contribution is 2.35. The van der Waals surface area contributed by atoms with Gasteiger partial charge in [-0.3, -0.25) is 9.48 Å². The number of hydrogen-bond donors (Lipinski definition) is 2. The van der Waals surface area contributed by atoms with E-state index in [9.17, 15) is 4.79 Å². The molecule has 29 heavy (non-hydrogen) atoms. The molecule has 1 aliphatic carbocycles. The van der Waals surface area contributed by atoms with Crippen molar-refractivity contribution in [2.45, 2.75) is 25.5 Å². The van der Waals surface area contributed by atoms with Crippen molar-refractivity contribution in [1.29, 1.82) is 0 Å². The third kappa shape index (κ3) is 3.19. The van der Waals surface area contributed by atoms with Crippen LogP contribution >= 0.6 is 0 Å². The van der Waals surface area contributed by atoms with Crippen molar-refractivity contribution in [3.05, 3.63) is 64.7 Å². The predicted molar refractivity (Wildman–Crippen MR) is 112 cm³/mol. The maximum atomic E-state index is 12.1. The molecule has 146 valence electrons. The van der Waals surface area contributed by atoms with Crippen LogP contribution in [0.1, 0.15) is 18.5 Å². The van der Waals surface area contributed by atoms with E-state index in [4.69, 9.17) is 10.5 Å². The molecule has 2 heterocycles. The molecule has 1 aliphatic rings. The van der Waals surface area contributed by atoms with E-state index in [1.807, 2.05) is 48.3 Å². The summed E-state index contributed by atoms with van der Waals surface area (Å²) in [6, 6.07) is 13.8. The molecule has 0 amide bonds. The zero-order valence-corrected chi connectivity index (χ0v) is 16.1. The number of aryl methyl sites for hydroxylation is 1. The van der Waals surface area contributed by atoms with E-state index >= 15 is 0 Å². The van der Waals surface area contributed by atoms with E-state index in [2.05, 4.69) is 27.4 Å². The molecule has 1 fully saturated rings. The summed E-state index contributed by atoms with van der Waals surface area (Å²) >= 11 is 0. The van der Waals surface area contributed by atoms with Gasteiger partial charge in [0.15, 0.2) is 0 Å². The van der Waals surface area contributed by atoms with Gasteiger partial charge in [-0.15, -0.1) is 0 Å². The van der Waals surface area contributed by atoms with Crippen molar-refractivity contribution in [2.75, 3.05) is 0 Å². The Morgan fingerprint density at radius 1 is 1.14 bits per heavy atom. The molecule has 4 aromatic rings. The van der Waals surface area contributed by atoms with Crippen molar-refractivity contribution in [2.24, 2.45) is 12.8 Å². The maximum Gasteiger partial charge on any atom is 0.272 e. The van der Waals surface area contributed by atoms with Crippen LogP contribution in [0.3, 0.4) is 0 Å². The van der Waals surface area contributed by atoms with Gasteiger partial charge in [-0.05, 0) is 54.8 Å². The molecule has 2 aromatic carbocycles. The van der Waals surface area contributed by atoms with Crippen molar-refractivity contribution in [3.63, 3.8) is 0 Å². The minimum atomic E-state index is -0.221. The SMILES string of the molecule is Cn1ncc(-c2ccc3c(=O)[nH]nc(CN)c3c2)c1-c1ccc(OC2CC2)cc1. The Morgan fingerprint density at radius 2 is 1.90 bits per heavy atom. The van der Waals surface area contributed by atoms with Crippen molar-refractivity contribution >= 4 is 10.8 Å². The average molecular weight is 387 g/mol. The van der Waals surface area contributed by atoms with E-state index in [-0.39, 0.29) is 12.1 Å². The highest BCUT2D eigenvalue weighted by molar-refractivity contribution is 5.91. The fourth-order valence-electron chi connectivity index (χ4n) is 3.60. The third-order valence-electron chi connectivity index (χ3n) is 5.27. The molecule has 0 saturated heterocycles. The molecule has 0 bridgehead atoms. The Balaban J connectivity index is 1.60. The van der Waals surface area contributed by atoms with Gasteiger partial charge in [0.25, 0.3) is 5.56 Å². The van der Waals surface area contributed by atoms with Crippen LogP contribution in [0.5, 0.6) is 5.75 Å². The maximum absolute atomic E-state index is 12.1. The predicted octanol–water partition coefficient (Wildman–Crippen LogP) is 2.99. The number of H-pyrrole nitrogens is 1. The molecule has 1 saturated carbocycles. The zero-order chi connectivity index (χ0) is 20.0. The molecule has 3 N–H and O–H groups in total. The molecule has 7 heteroatoms. The number of benzene rings is 2. The van der Waals surface area contributed by atoms with Crippen LogP contribution in [0, 0.1) is 0 Å². The smallest absolute Gasteiger partial charge is 0.272 e. The second-order valence-corrected chi connectivity index (χ2v) is 7.34. The van der Waals surface area contributed by atoms with Gasteiger partial charge in [-0.25, -0.2) is 5.10 Å². The standard InChI is InChI=1S/C22H21N5O2/c1-27-21(13-2-5-15(6-3-13)29-16-7-8-16)19(12-24-27)14-4-9-17-18(10-14)20(11-23)25-26-22(17)28/h2-6,9-10,12,16H,7-8,11,23H2,1H3,(H,26,28). The third-order valence-corrected chi connectivity index (χ3v) is 5.27. The molecule has 0 aliphatic heterocycles. The fourth-order valence-corrected chi connectivity index (χ4v) is 3.60. The number of nitrogens with zero attached hydrogens (tertiary/aromatic N) is 3. The Bertz CT molecular complexity index is 1250. The summed E-state index contributed by atoms with van der Waals surface area (Å²) in [6.07, 6.45) is 4.49. The van der Waals surface area contributed by atoms with Gasteiger partial charge < -0.3 is 10.5 Å². The highest BCUT2D eigenvalue weighted by Gasteiger charge is 2.23. The Kier molecular flexibility index (Phi) is 4.17. The summed E-state index contributed by atoms with van der Waals surface area (Å²) in [7, 11) is 1.92. The van der Waals surface area contributed by atoms with Crippen LogP contribution in [0.25, 0.3) is 33.2 Å². The fraction of sp³-hybridized carbons (Fsp3) is 0.227. The first-order valence-electron chi connectivity index (χ1n) is 9.65. The largest absolute Gasteiger partial charge is 0.490 e. The van der Waals surface area contributed by atoms with E-state index in [0.717, 1.165) is 46.4 Å². The lowest BCUT2D eigenvalue weighted by molar-refractivity contribution is 0.303. The highest BCUT2D eigenvalue weighted by atomic mass is 16.5. The monoisotopic (exact) mass is 387 g/mol. The van der Waals surface area contributed by atoms with Gasteiger partial charge in [-0.1, -0.05) is 6.07 Å². The number of nitrogens with two attached hydrogens (primary N) is 1. The number of aromatic nitrogens is 4. The van der Waals surface area contributed by atoms with Crippen molar-refractivity contribution < 1.29 is 4.74 Å². The Morgan fingerprint density at radius 3 is 2.62 bits per heavy atom. The summed E-state index contributed by atoms with van der Waals surface area (Å²) in [5.74, 6) is 0.892. The normalized spacial score (nSPS) is 13.7. The lowest BCUT2D eigenvalue weighted by Gasteiger charge is -2.10. The first kappa shape index (κ1) is 17.6. The summed E-state index contributed by atoms with van der Waals surface area (Å²) in [6.45, 7) is 0.249. The topological polar surface area (TPSA) is 98.8 Å². The van der Waals surface area contributed by atoms with Gasteiger partial charge in [0.2, 0.25) is 0 Å². The lowest BCUT2D eigenvalue weighted by atomic mass is 9.98. The molecule has 7 nitrogen and oxygen atoms in total. The van der Waals surface area contributed by atoms with Crippen LogP contribution < -0.4 is 16.0 Å². The quantitative estimate of drug-likeness (QED) is 0.548. The molecular weight excluding hydrogens is 366 g/mol. The van der Waals surface area contributed by atoms with Crippen LogP contribution in [-0.2, 0) is 13.6 Å². The van der Waals surface area contributed by atoms with Crippen molar-refractivity contribution in [3.8, 4) is 28.1 Å². The number of hydrogen-bond acceptors (Lipinski definition) is 5. The number of ether oxygens (including phenoxy) is 1. The zero-order valence-electron chi connectivity index (χ0n) is 16.1. The minimum absolute atomic E-state index is 0.221. The first-order valence-corrected chi connectivity index (χ1v) is 9.65. The minimum Gasteiger partial charge on any atom is -0.490 e. The van der Waals surface area contributed by atoms with E-state index in [1.165, 1.54) is 0 Å².